The van der Waals surface area contributed by atoms with E-state index >= 15 is 0 Å². The maximum Gasteiger partial charge on any atom is 0.338 e. The minimum atomic E-state index is -1.02. The Labute approximate surface area is 118 Å². The van der Waals surface area contributed by atoms with Crippen molar-refractivity contribution in [1.82, 2.24) is 9.97 Å². The molecule has 3 aromatic rings. The Morgan fingerprint density at radius 2 is 2.15 bits per heavy atom. The van der Waals surface area contributed by atoms with Crippen LogP contribution in [0.5, 0.6) is 0 Å². The van der Waals surface area contributed by atoms with E-state index in [0.717, 1.165) is 16.4 Å². The number of aryl methyl sites for hydroxylation is 1. The van der Waals surface area contributed by atoms with Gasteiger partial charge in [-0.1, -0.05) is 6.07 Å². The molecule has 3 heterocycles. The highest BCUT2D eigenvalue weighted by atomic mass is 32.1. The van der Waals surface area contributed by atoms with Gasteiger partial charge in [-0.15, -0.1) is 11.3 Å². The molecule has 0 atom stereocenters. The van der Waals surface area contributed by atoms with Crippen LogP contribution in [-0.4, -0.2) is 21.0 Å². The van der Waals surface area contributed by atoms with Gasteiger partial charge in [-0.05, 0) is 19.1 Å². The molecule has 0 spiro atoms. The number of carboxylic acid groups (broad SMARTS) is 1. The number of nitrogens with zero attached hydrogens (tertiary/aromatic N) is 2. The smallest absolute Gasteiger partial charge is 0.338 e. The lowest BCUT2D eigenvalue weighted by Gasteiger charge is -1.96. The summed E-state index contributed by atoms with van der Waals surface area (Å²) in [6.45, 7) is 1.92. The first kappa shape index (κ1) is 12.6. The number of hydrogen-bond acceptors (Lipinski definition) is 5. The van der Waals surface area contributed by atoms with E-state index in [2.05, 4.69) is 9.97 Å². The molecule has 20 heavy (non-hydrogen) atoms. The van der Waals surface area contributed by atoms with Crippen LogP contribution in [-0.2, 0) is 0 Å². The standard InChI is InChI=1S/C14H10N2O3S/c1-8-3-2-4-10(15-8)13-16-11(7-20-13)12-5-9(6-19-12)14(17)18/h2-7H,1H3,(H,17,18). The molecule has 1 N–H and O–H groups in total. The van der Waals surface area contributed by atoms with E-state index in [1.807, 2.05) is 30.5 Å². The Hall–Kier alpha value is -2.47. The average Bonchev–Trinajstić information content (AvgIpc) is 3.08. The third-order valence-electron chi connectivity index (χ3n) is 2.71. The zero-order valence-electron chi connectivity index (χ0n) is 10.5. The largest absolute Gasteiger partial charge is 0.478 e. The lowest BCUT2D eigenvalue weighted by molar-refractivity contribution is 0.0696. The summed E-state index contributed by atoms with van der Waals surface area (Å²) in [7, 11) is 0. The highest BCUT2D eigenvalue weighted by Gasteiger charge is 2.13. The van der Waals surface area contributed by atoms with E-state index in [9.17, 15) is 4.79 Å². The zero-order chi connectivity index (χ0) is 14.1. The van der Waals surface area contributed by atoms with Crippen molar-refractivity contribution in [2.24, 2.45) is 0 Å². The van der Waals surface area contributed by atoms with Gasteiger partial charge in [0.1, 0.15) is 17.0 Å². The second-order valence-corrected chi connectivity index (χ2v) is 5.06. The van der Waals surface area contributed by atoms with Crippen LogP contribution in [0, 0.1) is 6.92 Å². The molecule has 100 valence electrons. The fourth-order valence-electron chi connectivity index (χ4n) is 1.75. The van der Waals surface area contributed by atoms with Crippen LogP contribution in [0.1, 0.15) is 16.1 Å². The van der Waals surface area contributed by atoms with Gasteiger partial charge in [0.25, 0.3) is 0 Å². The van der Waals surface area contributed by atoms with Crippen LogP contribution in [0.3, 0.4) is 0 Å². The predicted molar refractivity (Wildman–Crippen MR) is 74.7 cm³/mol. The van der Waals surface area contributed by atoms with E-state index < -0.39 is 5.97 Å². The first-order valence-electron chi connectivity index (χ1n) is 5.85. The molecule has 5 nitrogen and oxygen atoms in total. The SMILES string of the molecule is Cc1cccc(-c2nc(-c3cc(C(=O)O)co3)cs2)n1. The second-order valence-electron chi connectivity index (χ2n) is 4.21. The Kier molecular flexibility index (Phi) is 3.08. The Balaban J connectivity index is 1.95. The third kappa shape index (κ3) is 2.33. The van der Waals surface area contributed by atoms with Crippen molar-refractivity contribution in [3.05, 3.63) is 47.2 Å². The van der Waals surface area contributed by atoms with Crippen molar-refractivity contribution in [2.45, 2.75) is 6.92 Å². The van der Waals surface area contributed by atoms with E-state index in [1.54, 1.807) is 0 Å². The summed E-state index contributed by atoms with van der Waals surface area (Å²) in [5.74, 6) is -0.576. The first-order valence-corrected chi connectivity index (χ1v) is 6.73. The van der Waals surface area contributed by atoms with Gasteiger partial charge in [0.05, 0.1) is 11.3 Å². The molecule has 0 aliphatic carbocycles. The topological polar surface area (TPSA) is 76.2 Å². The number of carboxylic acids is 1. The molecule has 0 aromatic carbocycles. The summed E-state index contributed by atoms with van der Waals surface area (Å²) in [6, 6.07) is 7.20. The number of hydrogen-bond donors (Lipinski definition) is 1. The van der Waals surface area contributed by atoms with Crippen LogP contribution in [0.15, 0.2) is 40.3 Å². The predicted octanol–water partition coefficient (Wildman–Crippen LogP) is 3.47. The molecular weight excluding hydrogens is 276 g/mol. The minimum absolute atomic E-state index is 0.114. The summed E-state index contributed by atoms with van der Waals surface area (Å²) >= 11 is 1.44. The number of carbonyl (C=O) groups is 1. The van der Waals surface area contributed by atoms with Crippen molar-refractivity contribution in [3.63, 3.8) is 0 Å². The maximum absolute atomic E-state index is 10.8. The van der Waals surface area contributed by atoms with Crippen molar-refractivity contribution >= 4 is 17.3 Å². The van der Waals surface area contributed by atoms with E-state index in [0.29, 0.717) is 11.5 Å². The van der Waals surface area contributed by atoms with Crippen molar-refractivity contribution in [1.29, 1.82) is 0 Å². The van der Waals surface area contributed by atoms with Crippen LogP contribution in [0.2, 0.25) is 0 Å². The Bertz CT molecular complexity index is 776. The highest BCUT2D eigenvalue weighted by Crippen LogP contribution is 2.29. The molecule has 0 aliphatic rings. The molecule has 0 bridgehead atoms. The van der Waals surface area contributed by atoms with Gasteiger partial charge in [-0.25, -0.2) is 9.78 Å². The van der Waals surface area contributed by atoms with Crippen LogP contribution in [0.4, 0.5) is 0 Å². The number of thiazole rings is 1. The van der Waals surface area contributed by atoms with Crippen LogP contribution < -0.4 is 0 Å². The fourth-order valence-corrected chi connectivity index (χ4v) is 2.53. The van der Waals surface area contributed by atoms with E-state index in [4.69, 9.17) is 9.52 Å². The molecule has 0 saturated carbocycles. The number of furan rings is 1. The first-order chi connectivity index (χ1) is 9.63. The van der Waals surface area contributed by atoms with Gasteiger partial charge >= 0.3 is 5.97 Å². The fraction of sp³-hybridized carbons (Fsp3) is 0.0714. The van der Waals surface area contributed by atoms with Gasteiger partial charge in [0, 0.05) is 17.1 Å². The lowest BCUT2D eigenvalue weighted by atomic mass is 10.3. The van der Waals surface area contributed by atoms with Crippen LogP contribution >= 0.6 is 11.3 Å². The lowest BCUT2D eigenvalue weighted by Crippen LogP contribution is -1.91. The van der Waals surface area contributed by atoms with Gasteiger partial charge in [-0.3, -0.25) is 4.98 Å². The summed E-state index contributed by atoms with van der Waals surface area (Å²) < 4.78 is 5.23. The summed E-state index contributed by atoms with van der Waals surface area (Å²) in [5, 5.41) is 11.5. The minimum Gasteiger partial charge on any atom is -0.478 e. The second kappa shape index (κ2) is 4.90. The summed E-state index contributed by atoms with van der Waals surface area (Å²) in [5.41, 5.74) is 2.45. The molecule has 0 unspecified atom stereocenters. The zero-order valence-corrected chi connectivity index (χ0v) is 11.3. The molecule has 6 heteroatoms. The number of pyridine rings is 1. The van der Waals surface area contributed by atoms with Crippen molar-refractivity contribution in [2.75, 3.05) is 0 Å². The van der Waals surface area contributed by atoms with Crippen LogP contribution in [0.25, 0.3) is 22.2 Å². The molecular formula is C14H10N2O3S. The average molecular weight is 286 g/mol. The third-order valence-corrected chi connectivity index (χ3v) is 3.58. The summed E-state index contributed by atoms with van der Waals surface area (Å²) in [4.78, 5) is 19.7. The normalized spacial score (nSPS) is 10.7. The van der Waals surface area contributed by atoms with Gasteiger partial charge in [0.2, 0.25) is 0 Å². The molecule has 0 radical (unpaired) electrons. The summed E-state index contributed by atoms with van der Waals surface area (Å²) in [6.07, 6.45) is 1.21. The van der Waals surface area contributed by atoms with Crippen molar-refractivity contribution < 1.29 is 14.3 Å². The quantitative estimate of drug-likeness (QED) is 0.797. The van der Waals surface area contributed by atoms with E-state index in [-0.39, 0.29) is 5.56 Å². The van der Waals surface area contributed by atoms with Gasteiger partial charge in [0.15, 0.2) is 5.76 Å². The molecule has 0 amide bonds. The molecule has 3 rings (SSSR count). The number of aromatic carboxylic acids is 1. The Morgan fingerprint density at radius 1 is 1.30 bits per heavy atom. The molecule has 0 aliphatic heterocycles. The Morgan fingerprint density at radius 3 is 2.85 bits per heavy atom. The number of rotatable bonds is 3. The molecule has 0 fully saturated rings. The highest BCUT2D eigenvalue weighted by molar-refractivity contribution is 7.13. The number of aromatic nitrogens is 2. The molecule has 3 aromatic heterocycles. The monoisotopic (exact) mass is 286 g/mol. The van der Waals surface area contributed by atoms with Crippen molar-refractivity contribution in [3.8, 4) is 22.2 Å². The van der Waals surface area contributed by atoms with Gasteiger partial charge in [-0.2, -0.15) is 0 Å². The van der Waals surface area contributed by atoms with Gasteiger partial charge < -0.3 is 9.52 Å². The maximum atomic E-state index is 10.8. The molecule has 0 saturated heterocycles. The van der Waals surface area contributed by atoms with E-state index in [1.165, 1.54) is 23.7 Å².